The lowest BCUT2D eigenvalue weighted by molar-refractivity contribution is 0.669. The van der Waals surface area contributed by atoms with Gasteiger partial charge in [-0.05, 0) is 77.8 Å². The third kappa shape index (κ3) is 3.58. The van der Waals surface area contributed by atoms with Gasteiger partial charge in [0.25, 0.3) is 0 Å². The van der Waals surface area contributed by atoms with E-state index in [1.54, 1.807) is 0 Å². The molecule has 0 amide bonds. The maximum atomic E-state index is 9.63. The van der Waals surface area contributed by atoms with E-state index in [9.17, 15) is 4.11 Å². The summed E-state index contributed by atoms with van der Waals surface area (Å²) in [5.41, 5.74) is 3.06. The summed E-state index contributed by atoms with van der Waals surface area (Å²) in [6.07, 6.45) is 0. The Morgan fingerprint density at radius 2 is 0.884 bits per heavy atom. The number of benzene rings is 8. The van der Waals surface area contributed by atoms with E-state index in [1.807, 2.05) is 91.0 Å². The van der Waals surface area contributed by atoms with Crippen LogP contribution in [0, 0.1) is 0 Å². The van der Waals surface area contributed by atoms with Gasteiger partial charge >= 0.3 is 0 Å². The Labute approximate surface area is 264 Å². The van der Waals surface area contributed by atoms with E-state index in [0.717, 1.165) is 38.3 Å². The molecule has 0 atom stereocenters. The van der Waals surface area contributed by atoms with E-state index in [-0.39, 0.29) is 21.9 Å². The molecule has 43 heavy (non-hydrogen) atoms. The predicted molar refractivity (Wildman–Crippen MR) is 183 cm³/mol. The molecule has 0 radical (unpaired) electrons. The zero-order valence-corrected chi connectivity index (χ0v) is 22.6. The van der Waals surface area contributed by atoms with Crippen LogP contribution in [0.25, 0.3) is 87.6 Å². The van der Waals surface area contributed by atoms with E-state index < -0.39 is 72.0 Å². The van der Waals surface area contributed by atoms with Crippen LogP contribution in [-0.4, -0.2) is 0 Å². The quantitative estimate of drug-likeness (QED) is 0.197. The molecule has 0 unspecified atom stereocenters. The first kappa shape index (κ1) is 15.5. The highest BCUT2D eigenvalue weighted by atomic mass is 16.3. The minimum atomic E-state index is -0.664. The van der Waals surface area contributed by atoms with Crippen molar-refractivity contribution in [2.75, 3.05) is 0 Å². The van der Waals surface area contributed by atoms with E-state index in [4.69, 9.17) is 15.4 Å². The van der Waals surface area contributed by atoms with Gasteiger partial charge in [0.2, 0.25) is 0 Å². The molecule has 1 aromatic heterocycles. The summed E-state index contributed by atoms with van der Waals surface area (Å²) in [4.78, 5) is 0. The van der Waals surface area contributed by atoms with Gasteiger partial charge in [-0.1, -0.05) is 145 Å². The average Bonchev–Trinajstić information content (AvgIpc) is 3.58. The molecule has 9 aromatic rings. The van der Waals surface area contributed by atoms with Crippen molar-refractivity contribution >= 4 is 54.3 Å². The van der Waals surface area contributed by atoms with E-state index in [1.165, 1.54) is 0 Å². The van der Waals surface area contributed by atoms with Gasteiger partial charge in [-0.15, -0.1) is 0 Å². The fourth-order valence-electron chi connectivity index (χ4n) is 6.36. The molecule has 0 saturated carbocycles. The molecule has 0 bridgehead atoms. The zero-order valence-electron chi connectivity index (χ0n) is 33.6. The van der Waals surface area contributed by atoms with Crippen molar-refractivity contribution in [2.24, 2.45) is 0 Å². The van der Waals surface area contributed by atoms with Crippen molar-refractivity contribution in [2.45, 2.75) is 0 Å². The fourth-order valence-corrected chi connectivity index (χ4v) is 6.36. The molecular weight excluding hydrogens is 520 g/mol. The van der Waals surface area contributed by atoms with Crippen molar-refractivity contribution < 1.29 is 19.5 Å². The molecule has 1 heterocycles. The molecule has 9 rings (SSSR count). The maximum absolute atomic E-state index is 9.63. The van der Waals surface area contributed by atoms with Gasteiger partial charge in [0.05, 0.1) is 15.1 Å². The van der Waals surface area contributed by atoms with Gasteiger partial charge in [0, 0.05) is 10.8 Å². The van der Waals surface area contributed by atoms with Crippen LogP contribution < -0.4 is 0 Å². The minimum absolute atomic E-state index is 0.0732. The number of para-hydroxylation sites is 1. The van der Waals surface area contributed by atoms with Crippen LogP contribution in [0.15, 0.2) is 162 Å². The van der Waals surface area contributed by atoms with Crippen LogP contribution in [-0.2, 0) is 0 Å². The first-order valence-electron chi connectivity index (χ1n) is 19.4. The lowest BCUT2D eigenvalue weighted by Crippen LogP contribution is -1.92. The second kappa shape index (κ2) is 9.44. The monoisotopic (exact) mass is 557 g/mol. The van der Waals surface area contributed by atoms with Crippen molar-refractivity contribution in [1.29, 1.82) is 0 Å². The molecular formula is C42H26O. The van der Waals surface area contributed by atoms with Gasteiger partial charge in [0.1, 0.15) is 11.2 Å². The minimum Gasteiger partial charge on any atom is -0.456 e. The molecule has 0 fully saturated rings. The molecule has 0 saturated heterocycles. The lowest BCUT2D eigenvalue weighted by atomic mass is 9.83. The lowest BCUT2D eigenvalue weighted by Gasteiger charge is -2.20. The molecule has 0 spiro atoms. The van der Waals surface area contributed by atoms with Crippen molar-refractivity contribution in [3.05, 3.63) is 157 Å². The number of fused-ring (bicyclic) bond motifs is 6. The first-order chi connectivity index (χ1) is 25.9. The van der Waals surface area contributed by atoms with Crippen LogP contribution in [0.5, 0.6) is 0 Å². The molecule has 1 heteroatoms. The SMILES string of the molecule is [2H]c1c([2H])c([2H])c(-c2c([2H])c([2H])c(-c3c4ccccc4c(-c4cccc5oc6ccccc6c45)c4ccccc34)c3c([2H])c([2H])c([2H])c([2H])c23)c([2H])c1[2H]. The van der Waals surface area contributed by atoms with Crippen LogP contribution >= 0.6 is 0 Å². The van der Waals surface area contributed by atoms with Crippen molar-refractivity contribution in [3.63, 3.8) is 0 Å². The van der Waals surface area contributed by atoms with Crippen molar-refractivity contribution in [1.82, 2.24) is 0 Å². The molecule has 1 nitrogen and oxygen atoms in total. The predicted octanol–water partition coefficient (Wildman–Crippen LogP) is 12.0. The molecule has 200 valence electrons. The maximum Gasteiger partial charge on any atom is 0.136 e. The van der Waals surface area contributed by atoms with Gasteiger partial charge in [0.15, 0.2) is 0 Å². The highest BCUT2D eigenvalue weighted by Gasteiger charge is 2.21. The zero-order chi connectivity index (χ0) is 37.9. The molecule has 8 aromatic carbocycles. The normalized spacial score (nSPS) is 15.3. The van der Waals surface area contributed by atoms with Crippen LogP contribution in [0.1, 0.15) is 15.1 Å². The summed E-state index contributed by atoms with van der Waals surface area (Å²) in [5, 5.41) is 4.47. The summed E-state index contributed by atoms with van der Waals surface area (Å²) in [7, 11) is 0. The van der Waals surface area contributed by atoms with Crippen molar-refractivity contribution in [3.8, 4) is 33.4 Å². The van der Waals surface area contributed by atoms with Gasteiger partial charge in [-0.2, -0.15) is 0 Å². The Balaban J connectivity index is 1.51. The van der Waals surface area contributed by atoms with Crippen LogP contribution in [0.2, 0.25) is 0 Å². The Hall–Kier alpha value is -5.66. The van der Waals surface area contributed by atoms with Gasteiger partial charge in [-0.3, -0.25) is 0 Å². The van der Waals surface area contributed by atoms with Gasteiger partial charge in [-0.25, -0.2) is 0 Å². The van der Waals surface area contributed by atoms with E-state index in [0.29, 0.717) is 21.9 Å². The number of rotatable bonds is 3. The molecule has 0 aliphatic rings. The van der Waals surface area contributed by atoms with E-state index >= 15 is 0 Å². The molecule has 0 aliphatic heterocycles. The van der Waals surface area contributed by atoms with Gasteiger partial charge < -0.3 is 4.42 Å². The standard InChI is InChI=1S/C42H26O/c1-2-13-27(14-3-1)28-25-26-35(30-16-5-4-15-29(28)30)40-31-17-6-8-19-33(31)41(34-20-9-7-18-32(34)40)37-22-12-24-39-42(37)36-21-10-11-23-38(36)43-39/h1-26H/i1D,2D,3D,4D,5D,13D,14D,15D,16D,25D,26D. The summed E-state index contributed by atoms with van der Waals surface area (Å²) in [6, 6.07) is 22.5. The molecule has 0 N–H and O–H groups in total. The third-order valence-corrected chi connectivity index (χ3v) is 8.10. The highest BCUT2D eigenvalue weighted by Crippen LogP contribution is 2.48. The summed E-state index contributed by atoms with van der Waals surface area (Å²) in [6.45, 7) is 0. The Bertz CT molecular complexity index is 3040. The number of hydrogen-bond acceptors (Lipinski definition) is 1. The number of hydrogen-bond donors (Lipinski definition) is 0. The van der Waals surface area contributed by atoms with Crippen LogP contribution in [0.4, 0.5) is 0 Å². The summed E-state index contributed by atoms with van der Waals surface area (Å²) >= 11 is 0. The largest absolute Gasteiger partial charge is 0.456 e. The molecule has 0 aliphatic carbocycles. The highest BCUT2D eigenvalue weighted by molar-refractivity contribution is 6.27. The smallest absolute Gasteiger partial charge is 0.136 e. The second-order valence-electron chi connectivity index (χ2n) is 10.4. The topological polar surface area (TPSA) is 13.1 Å². The second-order valence-corrected chi connectivity index (χ2v) is 10.4. The van der Waals surface area contributed by atoms with Crippen LogP contribution in [0.3, 0.4) is 0 Å². The Morgan fingerprint density at radius 3 is 1.56 bits per heavy atom. The van der Waals surface area contributed by atoms with E-state index in [2.05, 4.69) is 0 Å². The number of furan rings is 1. The summed E-state index contributed by atoms with van der Waals surface area (Å²) in [5.74, 6) is 0. The fraction of sp³-hybridized carbons (Fsp3) is 0. The third-order valence-electron chi connectivity index (χ3n) is 8.10. The Kier molecular flexibility index (Phi) is 3.41. The Morgan fingerprint density at radius 1 is 0.372 bits per heavy atom. The summed E-state index contributed by atoms with van der Waals surface area (Å²) < 4.78 is 103. The first-order valence-corrected chi connectivity index (χ1v) is 13.9. The average molecular weight is 558 g/mol.